The van der Waals surface area contributed by atoms with Crippen LogP contribution >= 0.6 is 34.8 Å². The van der Waals surface area contributed by atoms with Gasteiger partial charge >= 0.3 is 0 Å². The number of nitrogens with zero attached hydrogens (tertiary/aromatic N) is 2. The van der Waals surface area contributed by atoms with E-state index in [0.29, 0.717) is 17.1 Å². The van der Waals surface area contributed by atoms with E-state index in [1.54, 1.807) is 30.5 Å². The number of aliphatic hydroxyl groups excluding tert-OH is 1. The van der Waals surface area contributed by atoms with Crippen molar-refractivity contribution in [3.63, 3.8) is 0 Å². The zero-order valence-corrected chi connectivity index (χ0v) is 26.8. The summed E-state index contributed by atoms with van der Waals surface area (Å²) in [5, 5.41) is 12.3. The predicted molar refractivity (Wildman–Crippen MR) is 161 cm³/mol. The Kier molecular flexibility index (Phi) is 10.2. The quantitative estimate of drug-likeness (QED) is 0.202. The van der Waals surface area contributed by atoms with Crippen molar-refractivity contribution in [1.82, 2.24) is 14.9 Å². The number of aryl methyl sites for hydroxylation is 1. The molecule has 218 valence electrons. The van der Waals surface area contributed by atoms with Gasteiger partial charge in [0.1, 0.15) is 17.7 Å². The molecule has 0 radical (unpaired) electrons. The number of aliphatic hydroxyl groups is 1. The van der Waals surface area contributed by atoms with Gasteiger partial charge in [-0.25, -0.2) is 4.98 Å². The van der Waals surface area contributed by atoms with E-state index in [4.69, 9.17) is 53.8 Å². The van der Waals surface area contributed by atoms with Gasteiger partial charge < -0.3 is 23.6 Å². The first-order valence-electron chi connectivity index (χ1n) is 12.7. The summed E-state index contributed by atoms with van der Waals surface area (Å²) >= 11 is 19.9. The maximum atomic E-state index is 13.4. The average Bonchev–Trinajstić information content (AvgIpc) is 2.84. The van der Waals surface area contributed by atoms with Gasteiger partial charge in [0, 0.05) is 30.3 Å². The van der Waals surface area contributed by atoms with Gasteiger partial charge in [0.2, 0.25) is 11.8 Å². The van der Waals surface area contributed by atoms with Crippen LogP contribution in [-0.2, 0) is 9.22 Å². The third kappa shape index (κ3) is 6.92. The molecule has 0 aliphatic carbocycles. The van der Waals surface area contributed by atoms with Crippen molar-refractivity contribution in [2.75, 3.05) is 13.2 Å². The van der Waals surface area contributed by atoms with Gasteiger partial charge in [-0.3, -0.25) is 14.9 Å². The number of halogens is 3. The second kappa shape index (κ2) is 12.7. The first-order valence-corrected chi connectivity index (χ1v) is 16.7. The molecule has 0 aliphatic rings. The maximum absolute atomic E-state index is 13.4. The lowest BCUT2D eigenvalue weighted by atomic mass is 10.2. The average molecular weight is 631 g/mol. The van der Waals surface area contributed by atoms with Gasteiger partial charge in [-0.15, -0.1) is 0 Å². The number of pyridine rings is 2. The molecule has 2 N–H and O–H groups in total. The molecular weight excluding hydrogens is 597 g/mol. The van der Waals surface area contributed by atoms with E-state index < -0.39 is 20.2 Å². The van der Waals surface area contributed by atoms with E-state index in [1.807, 2.05) is 13.1 Å². The molecule has 0 fully saturated rings. The number of amides is 1. The first-order chi connectivity index (χ1) is 18.6. The molecule has 0 unspecified atom stereocenters. The van der Waals surface area contributed by atoms with Crippen molar-refractivity contribution in [2.45, 2.75) is 65.6 Å². The second-order valence-electron chi connectivity index (χ2n) is 10.7. The van der Waals surface area contributed by atoms with Gasteiger partial charge in [-0.1, -0.05) is 62.5 Å². The minimum Gasteiger partial charge on any atom is -0.491 e. The number of hydrogen-bond acceptors (Lipinski definition) is 7. The van der Waals surface area contributed by atoms with Crippen LogP contribution in [-0.4, -0.2) is 48.5 Å². The Hall–Kier alpha value is -2.34. The number of carbonyl (C=O) groups excluding carboxylic acids is 1. The van der Waals surface area contributed by atoms with Crippen LogP contribution in [0.4, 0.5) is 0 Å². The van der Waals surface area contributed by atoms with Crippen LogP contribution in [0.25, 0.3) is 16.6 Å². The molecule has 40 heavy (non-hydrogen) atoms. The SMILES string of the molecule is CCC(=O)N[C@@H](Oc1ncc(Cl)c2c1c(=O)cc(C)n2-c1c(Cl)cc(OCCO)cc1Cl)O[Si](C)(C)C(C)(C)C. The normalized spacial score (nSPS) is 12.9. The first kappa shape index (κ1) is 32.2. The number of ether oxygens (including phenoxy) is 2. The molecule has 1 aromatic carbocycles. The highest BCUT2D eigenvalue weighted by Crippen LogP contribution is 2.40. The van der Waals surface area contributed by atoms with Crippen LogP contribution in [0.2, 0.25) is 33.2 Å². The van der Waals surface area contributed by atoms with E-state index >= 15 is 0 Å². The summed E-state index contributed by atoms with van der Waals surface area (Å²) in [4.78, 5) is 30.0. The lowest BCUT2D eigenvalue weighted by Gasteiger charge is -2.38. The molecule has 0 aliphatic heterocycles. The van der Waals surface area contributed by atoms with E-state index in [-0.39, 0.29) is 62.4 Å². The number of nitrogens with one attached hydrogen (secondary N) is 1. The maximum Gasteiger partial charge on any atom is 0.276 e. The van der Waals surface area contributed by atoms with Crippen molar-refractivity contribution in [3.05, 3.63) is 55.4 Å². The topological polar surface area (TPSA) is 112 Å². The van der Waals surface area contributed by atoms with Gasteiger partial charge in [-0.2, -0.15) is 0 Å². The van der Waals surface area contributed by atoms with Crippen molar-refractivity contribution in [3.8, 4) is 17.3 Å². The largest absolute Gasteiger partial charge is 0.491 e. The van der Waals surface area contributed by atoms with Crippen LogP contribution in [0, 0.1) is 6.92 Å². The Labute approximate surface area is 249 Å². The molecule has 1 atom stereocenters. The number of fused-ring (bicyclic) bond motifs is 1. The summed E-state index contributed by atoms with van der Waals surface area (Å²) in [7, 11) is -2.44. The molecule has 2 aromatic heterocycles. The molecule has 0 saturated heterocycles. The van der Waals surface area contributed by atoms with Crippen LogP contribution in [0.1, 0.15) is 39.8 Å². The second-order valence-corrected chi connectivity index (χ2v) is 16.7. The minimum atomic E-state index is -2.44. The summed E-state index contributed by atoms with van der Waals surface area (Å²) in [5.74, 6) is -0.00409. The van der Waals surface area contributed by atoms with Crippen LogP contribution in [0.3, 0.4) is 0 Å². The highest BCUT2D eigenvalue weighted by atomic mass is 35.5. The zero-order chi connectivity index (χ0) is 30.0. The van der Waals surface area contributed by atoms with Crippen LogP contribution < -0.4 is 20.2 Å². The summed E-state index contributed by atoms with van der Waals surface area (Å²) in [6.45, 7) is 13.5. The highest BCUT2D eigenvalue weighted by molar-refractivity contribution is 6.74. The monoisotopic (exact) mass is 629 g/mol. The molecular formula is C27H34Cl3N3O6Si. The molecule has 3 rings (SSSR count). The van der Waals surface area contributed by atoms with Gasteiger partial charge in [0.05, 0.1) is 39.1 Å². The Balaban J connectivity index is 2.23. The molecule has 9 nitrogen and oxygen atoms in total. The summed E-state index contributed by atoms with van der Waals surface area (Å²) < 4.78 is 19.6. The van der Waals surface area contributed by atoms with Crippen molar-refractivity contribution in [1.29, 1.82) is 0 Å². The lowest BCUT2D eigenvalue weighted by molar-refractivity contribution is -0.129. The molecule has 13 heteroatoms. The molecule has 0 spiro atoms. The molecule has 3 aromatic rings. The molecule has 2 heterocycles. The molecule has 0 bridgehead atoms. The Bertz CT molecular complexity index is 1450. The van der Waals surface area contributed by atoms with Crippen LogP contribution in [0.5, 0.6) is 11.6 Å². The fraction of sp³-hybridized carbons (Fsp3) is 0.444. The van der Waals surface area contributed by atoms with Gasteiger partial charge in [-0.05, 0) is 25.1 Å². The molecule has 1 amide bonds. The minimum absolute atomic E-state index is 0.0559. The summed E-state index contributed by atoms with van der Waals surface area (Å²) in [6, 6.07) is 4.50. The van der Waals surface area contributed by atoms with Crippen molar-refractivity contribution >= 4 is 59.9 Å². The summed E-state index contributed by atoms with van der Waals surface area (Å²) in [5.41, 5.74) is 0.710. The fourth-order valence-electron chi connectivity index (χ4n) is 3.65. The third-order valence-corrected chi connectivity index (χ3v) is 12.0. The van der Waals surface area contributed by atoms with Crippen molar-refractivity contribution in [2.24, 2.45) is 0 Å². The van der Waals surface area contributed by atoms with E-state index in [2.05, 4.69) is 31.1 Å². The zero-order valence-electron chi connectivity index (χ0n) is 23.5. The predicted octanol–water partition coefficient (Wildman–Crippen LogP) is 6.24. The Morgan fingerprint density at radius 1 is 1.15 bits per heavy atom. The Morgan fingerprint density at radius 2 is 1.77 bits per heavy atom. The number of rotatable bonds is 10. The smallest absolute Gasteiger partial charge is 0.276 e. The van der Waals surface area contributed by atoms with E-state index in [9.17, 15) is 9.59 Å². The fourth-order valence-corrected chi connectivity index (χ4v) is 5.51. The number of aromatic nitrogens is 2. The van der Waals surface area contributed by atoms with Gasteiger partial charge in [0.15, 0.2) is 13.7 Å². The standard InChI is InChI=1S/C27H34Cl3N3O6Si/c1-8-21(36)32-26(39-40(6,7)27(3,4)5)38-25-22-20(35)11-15(2)33(24(22)19(30)14-31-25)23-17(28)12-16(13-18(23)29)37-10-9-34/h11-14,26,34H,8-10H2,1-7H3,(H,32,36)/t26-/m0/s1. The van der Waals surface area contributed by atoms with Crippen molar-refractivity contribution < 1.29 is 23.8 Å². The number of benzene rings is 1. The lowest BCUT2D eigenvalue weighted by Crippen LogP contribution is -2.51. The summed E-state index contributed by atoms with van der Waals surface area (Å²) in [6.07, 6.45) is 0.353. The van der Waals surface area contributed by atoms with Crippen LogP contribution in [0.15, 0.2) is 29.2 Å². The number of carbonyl (C=O) groups is 1. The van der Waals surface area contributed by atoms with E-state index in [0.717, 1.165) is 0 Å². The van der Waals surface area contributed by atoms with E-state index in [1.165, 1.54) is 12.3 Å². The highest BCUT2D eigenvalue weighted by Gasteiger charge is 2.40. The Morgan fingerprint density at radius 3 is 2.33 bits per heavy atom. The van der Waals surface area contributed by atoms with Gasteiger partial charge in [0.25, 0.3) is 6.41 Å². The number of hydrogen-bond donors (Lipinski definition) is 2. The molecule has 0 saturated carbocycles. The third-order valence-electron chi connectivity index (χ3n) is 6.74.